The monoisotopic (exact) mass is 625 g/mol. The molecule has 2 aromatic rings. The molecule has 0 heterocycles. The summed E-state index contributed by atoms with van der Waals surface area (Å²) in [6, 6.07) is 11.7. The molecule has 0 radical (unpaired) electrons. The van der Waals surface area contributed by atoms with E-state index in [-0.39, 0.29) is 42.9 Å². The Hall–Kier alpha value is -3.77. The van der Waals surface area contributed by atoms with Crippen LogP contribution in [-0.4, -0.2) is 57.2 Å². The van der Waals surface area contributed by atoms with Gasteiger partial charge in [0, 0.05) is 49.4 Å². The van der Waals surface area contributed by atoms with Crippen LogP contribution in [0.1, 0.15) is 49.5 Å². The maximum atomic E-state index is 13.2. The van der Waals surface area contributed by atoms with Crippen LogP contribution in [0.4, 0.5) is 18.9 Å². The lowest BCUT2D eigenvalue weighted by atomic mass is 9.88. The quantitative estimate of drug-likeness (QED) is 0.142. The van der Waals surface area contributed by atoms with E-state index in [1.165, 1.54) is 13.1 Å². The van der Waals surface area contributed by atoms with Gasteiger partial charge in [0.1, 0.15) is 11.4 Å². The Morgan fingerprint density at radius 2 is 1.70 bits per heavy atom. The van der Waals surface area contributed by atoms with E-state index >= 15 is 0 Å². The number of halogens is 4. The first-order valence-electron chi connectivity index (χ1n) is 13.7. The minimum absolute atomic E-state index is 0.00509. The number of carbonyl (C=O) groups excluding carboxylic acids is 3. The second-order valence-corrected chi connectivity index (χ2v) is 11.0. The summed E-state index contributed by atoms with van der Waals surface area (Å²) >= 11 is 6.23. The van der Waals surface area contributed by atoms with Crippen molar-refractivity contribution in [2.45, 2.75) is 46.7 Å². The Labute approximate surface area is 255 Å². The number of ether oxygens (including phenoxy) is 1. The van der Waals surface area contributed by atoms with Gasteiger partial charge in [0.25, 0.3) is 11.8 Å². The summed E-state index contributed by atoms with van der Waals surface area (Å²) in [6.45, 7) is 6.31. The number of rotatable bonds is 15. The summed E-state index contributed by atoms with van der Waals surface area (Å²) < 4.78 is 43.3. The molecule has 0 saturated heterocycles. The van der Waals surface area contributed by atoms with Gasteiger partial charge in [-0.05, 0) is 49.1 Å². The van der Waals surface area contributed by atoms with Gasteiger partial charge < -0.3 is 31.3 Å². The number of carbonyl (C=O) groups is 3. The molecule has 0 aliphatic carbocycles. The predicted molar refractivity (Wildman–Crippen MR) is 161 cm³/mol. The maximum absolute atomic E-state index is 13.2. The number of hydrogen-bond donors (Lipinski definition) is 5. The van der Waals surface area contributed by atoms with E-state index in [2.05, 4.69) is 26.6 Å². The van der Waals surface area contributed by atoms with Crippen molar-refractivity contribution in [3.8, 4) is 5.75 Å². The molecule has 0 aromatic heterocycles. The molecule has 236 valence electrons. The number of para-hydroxylation sites is 1. The van der Waals surface area contributed by atoms with Crippen molar-refractivity contribution in [3.63, 3.8) is 0 Å². The van der Waals surface area contributed by atoms with Crippen LogP contribution >= 0.6 is 11.6 Å². The van der Waals surface area contributed by atoms with E-state index < -0.39 is 35.9 Å². The minimum atomic E-state index is -4.39. The molecule has 0 aliphatic rings. The Balaban J connectivity index is 2.16. The number of hydrogen-bond acceptors (Lipinski definition) is 6. The van der Waals surface area contributed by atoms with Crippen LogP contribution in [0.3, 0.4) is 0 Å². The highest BCUT2D eigenvalue weighted by Gasteiger charge is 2.28. The summed E-state index contributed by atoms with van der Waals surface area (Å²) in [5, 5.41) is 13.6. The van der Waals surface area contributed by atoms with Gasteiger partial charge in [0.2, 0.25) is 5.91 Å². The molecule has 0 spiro atoms. The summed E-state index contributed by atoms with van der Waals surface area (Å²) in [7, 11) is 1.51. The standard InChI is InChI=1S/C30H39ClF3N5O4/c1-6-43-24-14-19(2)22(31)15-21(24)27(41)37-17-29(3,4)16-25(40)39-26(28(42)38-20-10-8-7-9-11-20)23(35-5)12-13-36-18-30(32,33)34/h7-11,14-15,35-36H,6,12-13,16-18H2,1-5H3,(H,37,41)(H,38,42)(H,39,40)/b26-23+. The van der Waals surface area contributed by atoms with E-state index in [4.69, 9.17) is 16.3 Å². The zero-order chi connectivity index (χ0) is 32.2. The second-order valence-electron chi connectivity index (χ2n) is 10.6. The molecule has 43 heavy (non-hydrogen) atoms. The molecular weight excluding hydrogens is 587 g/mol. The molecule has 9 nitrogen and oxygen atoms in total. The summed E-state index contributed by atoms with van der Waals surface area (Å²) in [5.74, 6) is -1.21. The van der Waals surface area contributed by atoms with E-state index in [0.29, 0.717) is 23.1 Å². The van der Waals surface area contributed by atoms with E-state index in [1.54, 1.807) is 64.1 Å². The molecule has 0 bridgehead atoms. The largest absolute Gasteiger partial charge is 0.493 e. The van der Waals surface area contributed by atoms with Crippen LogP contribution in [0.2, 0.25) is 5.02 Å². The number of benzene rings is 2. The van der Waals surface area contributed by atoms with E-state index in [1.807, 2.05) is 0 Å². The zero-order valence-electron chi connectivity index (χ0n) is 24.9. The average Bonchev–Trinajstić information content (AvgIpc) is 2.92. The van der Waals surface area contributed by atoms with Crippen LogP contribution < -0.4 is 31.3 Å². The Morgan fingerprint density at radius 3 is 2.30 bits per heavy atom. The van der Waals surface area contributed by atoms with Gasteiger partial charge in [-0.2, -0.15) is 13.2 Å². The molecule has 0 aliphatic heterocycles. The molecule has 0 saturated carbocycles. The van der Waals surface area contributed by atoms with Gasteiger partial charge in [0.15, 0.2) is 0 Å². The molecule has 5 N–H and O–H groups in total. The van der Waals surface area contributed by atoms with Crippen LogP contribution in [-0.2, 0) is 9.59 Å². The Bertz CT molecular complexity index is 1300. The molecule has 0 unspecified atom stereocenters. The lowest BCUT2D eigenvalue weighted by molar-refractivity contribution is -0.124. The van der Waals surface area contributed by atoms with E-state index in [0.717, 1.165) is 5.56 Å². The first-order chi connectivity index (χ1) is 20.2. The fraction of sp³-hybridized carbons (Fsp3) is 0.433. The van der Waals surface area contributed by atoms with Crippen LogP contribution in [0, 0.1) is 12.3 Å². The highest BCUT2D eigenvalue weighted by atomic mass is 35.5. The normalized spacial score (nSPS) is 12.2. The molecule has 2 rings (SSSR count). The minimum Gasteiger partial charge on any atom is -0.493 e. The van der Waals surface area contributed by atoms with Gasteiger partial charge in [-0.15, -0.1) is 0 Å². The lowest BCUT2D eigenvalue weighted by Gasteiger charge is -2.25. The third kappa shape index (κ3) is 12.2. The number of amides is 3. The number of anilines is 1. The van der Waals surface area contributed by atoms with Crippen LogP contribution in [0.15, 0.2) is 53.9 Å². The van der Waals surface area contributed by atoms with Crippen molar-refractivity contribution in [3.05, 3.63) is 70.0 Å². The lowest BCUT2D eigenvalue weighted by Crippen LogP contribution is -2.40. The highest BCUT2D eigenvalue weighted by molar-refractivity contribution is 6.31. The molecule has 3 amide bonds. The van der Waals surface area contributed by atoms with Crippen molar-refractivity contribution in [2.24, 2.45) is 5.41 Å². The average molecular weight is 626 g/mol. The topological polar surface area (TPSA) is 121 Å². The Morgan fingerprint density at radius 1 is 1.02 bits per heavy atom. The van der Waals surface area contributed by atoms with Crippen molar-refractivity contribution >= 4 is 35.0 Å². The Kier molecular flexibility index (Phi) is 13.3. The first-order valence-corrected chi connectivity index (χ1v) is 14.1. The second kappa shape index (κ2) is 16.2. The fourth-order valence-electron chi connectivity index (χ4n) is 4.01. The third-order valence-electron chi connectivity index (χ3n) is 6.18. The molecule has 2 aromatic carbocycles. The number of alkyl halides is 3. The molecular formula is C30H39ClF3N5O4. The van der Waals surface area contributed by atoms with Crippen LogP contribution in [0.25, 0.3) is 0 Å². The SMILES string of the molecule is CCOc1cc(C)c(Cl)cc1C(=O)NCC(C)(C)CC(=O)N/C(C(=O)Nc1ccccc1)=C(\CCNCC(F)(F)F)NC. The number of nitrogens with one attached hydrogen (secondary N) is 5. The summed E-state index contributed by atoms with van der Waals surface area (Å²) in [6.07, 6.45) is -4.47. The molecule has 0 atom stereocenters. The van der Waals surface area contributed by atoms with Gasteiger partial charge >= 0.3 is 6.18 Å². The van der Waals surface area contributed by atoms with Gasteiger partial charge in [0.05, 0.1) is 18.7 Å². The highest BCUT2D eigenvalue weighted by Crippen LogP contribution is 2.27. The first kappa shape index (κ1) is 35.4. The van der Waals surface area contributed by atoms with Crippen molar-refractivity contribution in [1.82, 2.24) is 21.3 Å². The summed E-state index contributed by atoms with van der Waals surface area (Å²) in [5.41, 5.74) is 0.849. The fourth-order valence-corrected chi connectivity index (χ4v) is 4.17. The molecule has 13 heteroatoms. The molecule has 0 fully saturated rings. The van der Waals surface area contributed by atoms with Crippen molar-refractivity contribution in [2.75, 3.05) is 38.6 Å². The number of aryl methyl sites for hydroxylation is 1. The van der Waals surface area contributed by atoms with Gasteiger partial charge in [-0.1, -0.05) is 43.6 Å². The zero-order valence-corrected chi connectivity index (χ0v) is 25.7. The van der Waals surface area contributed by atoms with Crippen molar-refractivity contribution in [1.29, 1.82) is 0 Å². The third-order valence-corrected chi connectivity index (χ3v) is 6.58. The van der Waals surface area contributed by atoms with Gasteiger partial charge in [-0.25, -0.2) is 0 Å². The smallest absolute Gasteiger partial charge is 0.401 e. The van der Waals surface area contributed by atoms with Crippen molar-refractivity contribution < 1.29 is 32.3 Å². The maximum Gasteiger partial charge on any atom is 0.401 e. The van der Waals surface area contributed by atoms with Crippen LogP contribution in [0.5, 0.6) is 5.75 Å². The predicted octanol–water partition coefficient (Wildman–Crippen LogP) is 4.92. The van der Waals surface area contributed by atoms with E-state index in [9.17, 15) is 27.6 Å². The summed E-state index contributed by atoms with van der Waals surface area (Å²) in [4.78, 5) is 39.4. The van der Waals surface area contributed by atoms with Gasteiger partial charge in [-0.3, -0.25) is 14.4 Å².